The maximum atomic E-state index is 13.2. The van der Waals surface area contributed by atoms with Gasteiger partial charge in [-0.25, -0.2) is 0 Å². The molecule has 1 atom stereocenters. The maximum Gasteiger partial charge on any atom is 0.242 e. The zero-order valence-electron chi connectivity index (χ0n) is 19.3. The van der Waals surface area contributed by atoms with Crippen molar-refractivity contribution >= 4 is 23.6 Å². The Bertz CT molecular complexity index is 818. The normalized spacial score (nSPS) is 11.7. The number of nitrogens with one attached hydrogen (secondary N) is 1. The Morgan fingerprint density at radius 3 is 2.06 bits per heavy atom. The Hall–Kier alpha value is -2.27. The molecule has 2 aromatic rings. The van der Waals surface area contributed by atoms with Gasteiger partial charge in [0.2, 0.25) is 11.8 Å². The van der Waals surface area contributed by atoms with Gasteiger partial charge in [0.25, 0.3) is 0 Å². The van der Waals surface area contributed by atoms with Crippen molar-refractivity contribution in [2.45, 2.75) is 65.3 Å². The van der Waals surface area contributed by atoms with Crippen molar-refractivity contribution in [1.82, 2.24) is 10.2 Å². The van der Waals surface area contributed by atoms with Gasteiger partial charge in [-0.1, -0.05) is 79.9 Å². The molecular weight excluding hydrogens is 404 g/mol. The van der Waals surface area contributed by atoms with Crippen molar-refractivity contribution in [2.75, 3.05) is 12.3 Å². The lowest BCUT2D eigenvalue weighted by Crippen LogP contribution is -2.49. The lowest BCUT2D eigenvalue weighted by atomic mass is 10.1. The monoisotopic (exact) mass is 440 g/mol. The molecule has 0 aliphatic carbocycles. The van der Waals surface area contributed by atoms with Crippen molar-refractivity contribution in [1.29, 1.82) is 0 Å². The Kier molecular flexibility index (Phi) is 10.6. The average Bonchev–Trinajstić information content (AvgIpc) is 2.76. The molecule has 0 saturated carbocycles. The zero-order valence-corrected chi connectivity index (χ0v) is 20.1. The number of benzene rings is 2. The van der Waals surface area contributed by atoms with Gasteiger partial charge in [-0.3, -0.25) is 9.59 Å². The molecule has 168 valence electrons. The third-order valence-corrected chi connectivity index (χ3v) is 6.29. The summed E-state index contributed by atoms with van der Waals surface area (Å²) >= 11 is 1.60. The predicted octanol–water partition coefficient (Wildman–Crippen LogP) is 5.26. The van der Waals surface area contributed by atoms with Crippen LogP contribution in [0.4, 0.5) is 0 Å². The third-order valence-electron chi connectivity index (χ3n) is 5.30. The molecule has 0 aromatic heterocycles. The number of unbranched alkanes of at least 4 members (excludes halogenated alkanes) is 1. The summed E-state index contributed by atoms with van der Waals surface area (Å²) in [6.45, 7) is 9.29. The molecule has 2 aromatic carbocycles. The van der Waals surface area contributed by atoms with Gasteiger partial charge >= 0.3 is 0 Å². The number of hydrogen-bond donors (Lipinski definition) is 1. The molecule has 4 nitrogen and oxygen atoms in total. The molecule has 1 N–H and O–H groups in total. The number of hydrogen-bond acceptors (Lipinski definition) is 3. The van der Waals surface area contributed by atoms with E-state index in [0.29, 0.717) is 25.3 Å². The summed E-state index contributed by atoms with van der Waals surface area (Å²) in [7, 11) is 0. The van der Waals surface area contributed by atoms with Crippen LogP contribution in [0.25, 0.3) is 0 Å². The number of nitrogens with zero attached hydrogens (tertiary/aromatic N) is 1. The van der Waals surface area contributed by atoms with Gasteiger partial charge in [-0.15, -0.1) is 11.8 Å². The van der Waals surface area contributed by atoms with Gasteiger partial charge in [-0.05, 0) is 37.8 Å². The molecule has 2 rings (SSSR count). The van der Waals surface area contributed by atoms with Gasteiger partial charge in [0.05, 0.1) is 5.75 Å². The van der Waals surface area contributed by atoms with Crippen LogP contribution in [0.15, 0.2) is 48.5 Å². The molecule has 2 amide bonds. The van der Waals surface area contributed by atoms with Gasteiger partial charge in [0.15, 0.2) is 0 Å². The highest BCUT2D eigenvalue weighted by Crippen LogP contribution is 2.18. The van der Waals surface area contributed by atoms with E-state index in [1.54, 1.807) is 16.7 Å². The molecule has 5 heteroatoms. The smallest absolute Gasteiger partial charge is 0.242 e. The van der Waals surface area contributed by atoms with E-state index in [4.69, 9.17) is 0 Å². The highest BCUT2D eigenvalue weighted by molar-refractivity contribution is 7.99. The number of thioether (sulfide) groups is 1. The fourth-order valence-electron chi connectivity index (χ4n) is 3.34. The van der Waals surface area contributed by atoms with Crippen molar-refractivity contribution in [3.05, 3.63) is 70.8 Å². The molecule has 0 spiro atoms. The van der Waals surface area contributed by atoms with E-state index in [-0.39, 0.29) is 11.8 Å². The van der Waals surface area contributed by atoms with E-state index in [2.05, 4.69) is 43.4 Å². The highest BCUT2D eigenvalue weighted by atomic mass is 32.2. The molecule has 0 fully saturated rings. The van der Waals surface area contributed by atoms with Crippen LogP contribution < -0.4 is 5.32 Å². The number of aryl methyl sites for hydroxylation is 2. The van der Waals surface area contributed by atoms with Gasteiger partial charge < -0.3 is 10.2 Å². The maximum absolute atomic E-state index is 13.2. The van der Waals surface area contributed by atoms with Crippen molar-refractivity contribution < 1.29 is 9.59 Å². The number of carbonyl (C=O) groups excluding carboxylic acids is 2. The minimum atomic E-state index is -0.453. The standard InChI is InChI=1S/C26H36N2O2S/c1-5-7-16-27-26(30)24(6-2)28(17-22-12-8-20(3)9-13-22)25(29)19-31-18-23-14-10-21(4)11-15-23/h8-15,24H,5-7,16-19H2,1-4H3,(H,27,30)/t24-/m0/s1. The second-order valence-electron chi connectivity index (χ2n) is 8.05. The Morgan fingerprint density at radius 1 is 0.935 bits per heavy atom. The van der Waals surface area contributed by atoms with Crippen LogP contribution in [0, 0.1) is 13.8 Å². The summed E-state index contributed by atoms with van der Waals surface area (Å²) in [6.07, 6.45) is 2.57. The molecule has 0 aliphatic heterocycles. The van der Waals surface area contributed by atoms with Crippen molar-refractivity contribution in [3.8, 4) is 0 Å². The van der Waals surface area contributed by atoms with E-state index in [9.17, 15) is 9.59 Å². The summed E-state index contributed by atoms with van der Waals surface area (Å²) in [5.41, 5.74) is 4.66. The lowest BCUT2D eigenvalue weighted by Gasteiger charge is -2.30. The quantitative estimate of drug-likeness (QED) is 0.458. The predicted molar refractivity (Wildman–Crippen MR) is 131 cm³/mol. The van der Waals surface area contributed by atoms with E-state index in [1.807, 2.05) is 38.1 Å². The van der Waals surface area contributed by atoms with Gasteiger partial charge in [-0.2, -0.15) is 0 Å². The number of rotatable bonds is 12. The first kappa shape index (κ1) is 25.0. The average molecular weight is 441 g/mol. The first-order chi connectivity index (χ1) is 14.9. The van der Waals surface area contributed by atoms with E-state index >= 15 is 0 Å². The van der Waals surface area contributed by atoms with Crippen LogP contribution in [-0.4, -0.2) is 35.1 Å². The minimum absolute atomic E-state index is 0.00942. The molecule has 0 unspecified atom stereocenters. The number of amides is 2. The molecule has 0 heterocycles. The first-order valence-electron chi connectivity index (χ1n) is 11.2. The Labute approximate surface area is 191 Å². The zero-order chi connectivity index (χ0) is 22.6. The summed E-state index contributed by atoms with van der Waals surface area (Å²) in [6, 6.07) is 16.1. The molecule has 31 heavy (non-hydrogen) atoms. The van der Waals surface area contributed by atoms with Crippen molar-refractivity contribution in [2.24, 2.45) is 0 Å². The van der Waals surface area contributed by atoms with E-state index < -0.39 is 6.04 Å². The van der Waals surface area contributed by atoms with Crippen LogP contribution in [-0.2, 0) is 21.9 Å². The fraction of sp³-hybridized carbons (Fsp3) is 0.462. The number of carbonyl (C=O) groups is 2. The topological polar surface area (TPSA) is 49.4 Å². The second kappa shape index (κ2) is 13.2. The highest BCUT2D eigenvalue weighted by Gasteiger charge is 2.28. The van der Waals surface area contributed by atoms with Gasteiger partial charge in [0.1, 0.15) is 6.04 Å². The first-order valence-corrected chi connectivity index (χ1v) is 12.4. The van der Waals surface area contributed by atoms with Crippen molar-refractivity contribution in [3.63, 3.8) is 0 Å². The van der Waals surface area contributed by atoms with Crippen LogP contribution in [0.2, 0.25) is 0 Å². The van der Waals surface area contributed by atoms with Crippen LogP contribution in [0.5, 0.6) is 0 Å². The summed E-state index contributed by atoms with van der Waals surface area (Å²) in [5, 5.41) is 3.01. The molecular formula is C26H36N2O2S. The Morgan fingerprint density at radius 2 is 1.52 bits per heavy atom. The molecule has 0 saturated heterocycles. The fourth-order valence-corrected chi connectivity index (χ4v) is 4.21. The van der Waals surface area contributed by atoms with E-state index in [0.717, 1.165) is 24.2 Å². The molecule has 0 bridgehead atoms. The summed E-state index contributed by atoms with van der Waals surface area (Å²) < 4.78 is 0. The van der Waals surface area contributed by atoms with E-state index in [1.165, 1.54) is 16.7 Å². The summed E-state index contributed by atoms with van der Waals surface area (Å²) in [4.78, 5) is 27.8. The largest absolute Gasteiger partial charge is 0.354 e. The van der Waals surface area contributed by atoms with Crippen LogP contribution >= 0.6 is 11.8 Å². The van der Waals surface area contributed by atoms with Crippen LogP contribution in [0.1, 0.15) is 55.4 Å². The SMILES string of the molecule is CCCCNC(=O)[C@H](CC)N(Cc1ccc(C)cc1)C(=O)CSCc1ccc(C)cc1. The molecule has 0 aliphatic rings. The third kappa shape index (κ3) is 8.41. The summed E-state index contributed by atoms with van der Waals surface area (Å²) in [5.74, 6) is 1.10. The van der Waals surface area contributed by atoms with Crippen LogP contribution in [0.3, 0.4) is 0 Å². The second-order valence-corrected chi connectivity index (χ2v) is 9.04. The molecule has 0 radical (unpaired) electrons. The van der Waals surface area contributed by atoms with Gasteiger partial charge in [0, 0.05) is 18.8 Å². The Balaban J connectivity index is 2.08. The minimum Gasteiger partial charge on any atom is -0.354 e. The lowest BCUT2D eigenvalue weighted by molar-refractivity contribution is -0.139.